The van der Waals surface area contributed by atoms with Crippen molar-refractivity contribution in [3.63, 3.8) is 0 Å². The highest BCUT2D eigenvalue weighted by atomic mass is 32.3. The Bertz CT molecular complexity index is 371. The second-order valence-electron chi connectivity index (χ2n) is 2.42. The predicted octanol–water partition coefficient (Wildman–Crippen LogP) is 1.81. The highest BCUT2D eigenvalue weighted by molar-refractivity contribution is 7.86. The van der Waals surface area contributed by atoms with Crippen LogP contribution in [0.1, 0.15) is 22.7 Å². The summed E-state index contributed by atoms with van der Waals surface area (Å²) < 4.78 is 33.5. The van der Waals surface area contributed by atoms with Crippen LogP contribution >= 0.6 is 11.3 Å². The molecule has 1 aromatic rings. The van der Waals surface area contributed by atoms with Gasteiger partial charge in [0.05, 0.1) is 11.2 Å². The van der Waals surface area contributed by atoms with E-state index < -0.39 is 15.5 Å². The van der Waals surface area contributed by atoms with Crippen molar-refractivity contribution in [3.8, 4) is 0 Å². The number of hydrogen-bond donors (Lipinski definition) is 0. The van der Waals surface area contributed by atoms with Crippen LogP contribution in [0, 0.1) is 6.92 Å². The van der Waals surface area contributed by atoms with Gasteiger partial charge in [-0.3, -0.25) is 0 Å². The Morgan fingerprint density at radius 3 is 2.58 bits per heavy atom. The number of thiazole rings is 1. The van der Waals surface area contributed by atoms with Crippen LogP contribution in [-0.2, 0) is 10.2 Å². The van der Waals surface area contributed by atoms with E-state index in [1.165, 1.54) is 12.4 Å². The third-order valence-corrected chi connectivity index (χ3v) is 3.92. The Labute approximate surface area is 74.5 Å². The zero-order valence-corrected chi connectivity index (χ0v) is 8.25. The van der Waals surface area contributed by atoms with Crippen molar-refractivity contribution in [2.45, 2.75) is 19.1 Å². The molecule has 6 heteroatoms. The molecule has 0 saturated heterocycles. The molecule has 0 aliphatic carbocycles. The lowest BCUT2D eigenvalue weighted by Gasteiger charge is -2.03. The van der Waals surface area contributed by atoms with Gasteiger partial charge < -0.3 is 0 Å². The van der Waals surface area contributed by atoms with Crippen molar-refractivity contribution in [2.75, 3.05) is 0 Å². The van der Waals surface area contributed by atoms with Gasteiger partial charge in [-0.25, -0.2) is 4.98 Å². The van der Waals surface area contributed by atoms with Crippen LogP contribution in [0.15, 0.2) is 5.51 Å². The predicted molar refractivity (Wildman–Crippen MR) is 45.3 cm³/mol. The monoisotopic (exact) mass is 209 g/mol. The standard InChI is InChI=1S/C6H8FNO2S2/c1-4-6(11-3-8-4)5(2)12(7,9)10/h3,5H,1-2H3. The van der Waals surface area contributed by atoms with Crippen LogP contribution in [0.25, 0.3) is 0 Å². The number of halogens is 1. The molecule has 1 atom stereocenters. The van der Waals surface area contributed by atoms with Crippen LogP contribution in [0.2, 0.25) is 0 Å². The van der Waals surface area contributed by atoms with E-state index in [0.717, 1.165) is 11.3 Å². The van der Waals surface area contributed by atoms with E-state index >= 15 is 0 Å². The summed E-state index contributed by atoms with van der Waals surface area (Å²) in [5.74, 6) is 0. The summed E-state index contributed by atoms with van der Waals surface area (Å²) in [7, 11) is -4.48. The molecule has 0 bridgehead atoms. The summed E-state index contributed by atoms with van der Waals surface area (Å²) >= 11 is 1.15. The molecule has 1 unspecified atom stereocenters. The number of hydrogen-bond acceptors (Lipinski definition) is 4. The number of nitrogens with zero attached hydrogens (tertiary/aromatic N) is 1. The molecule has 68 valence electrons. The molecule has 0 aliphatic rings. The van der Waals surface area contributed by atoms with Crippen molar-refractivity contribution < 1.29 is 12.3 Å². The first-order chi connectivity index (χ1) is 5.43. The van der Waals surface area contributed by atoms with Crippen LogP contribution in [0.5, 0.6) is 0 Å². The fraction of sp³-hybridized carbons (Fsp3) is 0.500. The van der Waals surface area contributed by atoms with Crippen molar-refractivity contribution in [1.29, 1.82) is 0 Å². The second kappa shape index (κ2) is 3.10. The Hall–Kier alpha value is -0.490. The van der Waals surface area contributed by atoms with Crippen molar-refractivity contribution in [3.05, 3.63) is 16.1 Å². The minimum Gasteiger partial charge on any atom is -0.250 e. The van der Waals surface area contributed by atoms with E-state index in [4.69, 9.17) is 0 Å². The Morgan fingerprint density at radius 1 is 1.67 bits per heavy atom. The van der Waals surface area contributed by atoms with E-state index in [9.17, 15) is 12.3 Å². The van der Waals surface area contributed by atoms with Crippen LogP contribution in [0.3, 0.4) is 0 Å². The minimum atomic E-state index is -4.48. The van der Waals surface area contributed by atoms with Crippen molar-refractivity contribution >= 4 is 21.6 Å². The van der Waals surface area contributed by atoms with Gasteiger partial charge in [0.2, 0.25) is 0 Å². The summed E-state index contributed by atoms with van der Waals surface area (Å²) in [4.78, 5) is 4.31. The SMILES string of the molecule is Cc1ncsc1C(C)S(=O)(=O)F. The van der Waals surface area contributed by atoms with E-state index in [-0.39, 0.29) is 0 Å². The maximum absolute atomic E-state index is 12.5. The smallest absolute Gasteiger partial charge is 0.250 e. The summed E-state index contributed by atoms with van der Waals surface area (Å²) in [6.45, 7) is 2.98. The molecule has 0 aliphatic heterocycles. The molecule has 1 rings (SSSR count). The van der Waals surface area contributed by atoms with E-state index in [0.29, 0.717) is 10.6 Å². The third-order valence-electron chi connectivity index (χ3n) is 1.57. The van der Waals surface area contributed by atoms with E-state index in [2.05, 4.69) is 4.98 Å². The van der Waals surface area contributed by atoms with Gasteiger partial charge >= 0.3 is 10.2 Å². The van der Waals surface area contributed by atoms with Gasteiger partial charge in [-0.1, -0.05) is 0 Å². The number of aryl methyl sites for hydroxylation is 1. The van der Waals surface area contributed by atoms with Crippen LogP contribution < -0.4 is 0 Å². The first-order valence-corrected chi connectivity index (χ1v) is 5.59. The topological polar surface area (TPSA) is 47.0 Å². The highest BCUT2D eigenvalue weighted by Gasteiger charge is 2.24. The molecule has 1 aromatic heterocycles. The van der Waals surface area contributed by atoms with Crippen LogP contribution in [-0.4, -0.2) is 13.4 Å². The molecular weight excluding hydrogens is 201 g/mol. The number of rotatable bonds is 2. The Morgan fingerprint density at radius 2 is 2.25 bits per heavy atom. The lowest BCUT2D eigenvalue weighted by Crippen LogP contribution is -2.03. The quantitative estimate of drug-likeness (QED) is 0.698. The lowest BCUT2D eigenvalue weighted by molar-refractivity contribution is 0.541. The molecule has 0 spiro atoms. The number of aromatic nitrogens is 1. The third kappa shape index (κ3) is 1.81. The largest absolute Gasteiger partial charge is 0.310 e. The highest BCUT2D eigenvalue weighted by Crippen LogP contribution is 2.28. The van der Waals surface area contributed by atoms with Gasteiger partial charge in [0.15, 0.2) is 0 Å². The van der Waals surface area contributed by atoms with Crippen molar-refractivity contribution in [2.24, 2.45) is 0 Å². The average molecular weight is 209 g/mol. The normalized spacial score (nSPS) is 14.6. The van der Waals surface area contributed by atoms with E-state index in [1.807, 2.05) is 0 Å². The molecule has 0 amide bonds. The summed E-state index contributed by atoms with van der Waals surface area (Å²) in [6, 6.07) is 0. The molecule has 0 fully saturated rings. The van der Waals surface area contributed by atoms with Crippen molar-refractivity contribution in [1.82, 2.24) is 4.98 Å². The maximum Gasteiger partial charge on any atom is 0.310 e. The molecule has 0 aromatic carbocycles. The molecule has 0 N–H and O–H groups in total. The van der Waals surface area contributed by atoms with Gasteiger partial charge in [-0.2, -0.15) is 8.42 Å². The van der Waals surface area contributed by atoms with Gasteiger partial charge in [-0.05, 0) is 13.8 Å². The molecular formula is C6H8FNO2S2. The van der Waals surface area contributed by atoms with Gasteiger partial charge in [0.1, 0.15) is 5.25 Å². The second-order valence-corrected chi connectivity index (χ2v) is 4.96. The van der Waals surface area contributed by atoms with Gasteiger partial charge in [0.25, 0.3) is 0 Å². The zero-order chi connectivity index (χ0) is 9.35. The summed E-state index contributed by atoms with van der Waals surface area (Å²) in [6.07, 6.45) is 0. The fourth-order valence-electron chi connectivity index (χ4n) is 0.829. The van der Waals surface area contributed by atoms with Gasteiger partial charge in [0, 0.05) is 4.88 Å². The molecule has 1 heterocycles. The van der Waals surface area contributed by atoms with Crippen LogP contribution in [0.4, 0.5) is 3.89 Å². The molecule has 12 heavy (non-hydrogen) atoms. The maximum atomic E-state index is 12.5. The lowest BCUT2D eigenvalue weighted by atomic mass is 10.3. The summed E-state index contributed by atoms with van der Waals surface area (Å²) in [5.41, 5.74) is 2.08. The fourth-order valence-corrected chi connectivity index (χ4v) is 2.51. The molecule has 0 radical (unpaired) electrons. The molecule has 3 nitrogen and oxygen atoms in total. The summed E-state index contributed by atoms with van der Waals surface area (Å²) in [5, 5.41) is -1.09. The Kier molecular flexibility index (Phi) is 2.48. The zero-order valence-electron chi connectivity index (χ0n) is 6.61. The first-order valence-electron chi connectivity index (χ1n) is 3.26. The first kappa shape index (κ1) is 9.60. The van der Waals surface area contributed by atoms with Gasteiger partial charge in [-0.15, -0.1) is 15.2 Å². The van der Waals surface area contributed by atoms with E-state index in [1.54, 1.807) is 6.92 Å². The average Bonchev–Trinajstić information content (AvgIpc) is 2.31. The molecule has 0 saturated carbocycles. The minimum absolute atomic E-state index is 0.470. The Balaban J connectivity index is 3.09.